The lowest BCUT2D eigenvalue weighted by Gasteiger charge is -2.27. The van der Waals surface area contributed by atoms with Crippen LogP contribution in [0.3, 0.4) is 0 Å². The van der Waals surface area contributed by atoms with Crippen molar-refractivity contribution in [1.82, 2.24) is 4.90 Å². The Morgan fingerprint density at radius 2 is 2.04 bits per heavy atom. The maximum absolute atomic E-state index is 12.2. The second-order valence-corrected chi connectivity index (χ2v) is 8.14. The Morgan fingerprint density at radius 1 is 1.32 bits per heavy atom. The summed E-state index contributed by atoms with van der Waals surface area (Å²) in [7, 11) is 1.41. The summed E-state index contributed by atoms with van der Waals surface area (Å²) >= 11 is 0. The number of carbonyl (C=O) groups is 2. The molecule has 0 aromatic carbocycles. The average molecular weight is 392 g/mol. The molecule has 0 saturated carbocycles. The first-order valence-corrected chi connectivity index (χ1v) is 10.5. The molecule has 1 amide bonds. The molecule has 1 aliphatic rings. The summed E-state index contributed by atoms with van der Waals surface area (Å²) in [4.78, 5) is 25.2. The number of aliphatic hydroxyl groups excluding tert-OH is 1. The zero-order valence-electron chi connectivity index (χ0n) is 18.0. The van der Waals surface area contributed by atoms with Gasteiger partial charge in [-0.25, -0.2) is 0 Å². The first kappa shape index (κ1) is 24.2. The smallest absolute Gasteiger partial charge is 0.305 e. The van der Waals surface area contributed by atoms with E-state index in [2.05, 4.69) is 16.6 Å². The zero-order valence-corrected chi connectivity index (χ0v) is 18.0. The molecule has 0 bridgehead atoms. The first-order valence-electron chi connectivity index (χ1n) is 10.5. The van der Waals surface area contributed by atoms with Crippen molar-refractivity contribution in [2.75, 3.05) is 13.7 Å². The fraction of sp³-hybridized carbons (Fsp3) is 0.739. The number of esters is 1. The van der Waals surface area contributed by atoms with Crippen molar-refractivity contribution in [2.24, 2.45) is 5.41 Å². The highest BCUT2D eigenvalue weighted by molar-refractivity contribution is 5.79. The minimum atomic E-state index is -0.588. The van der Waals surface area contributed by atoms with Gasteiger partial charge in [-0.2, -0.15) is 0 Å². The monoisotopic (exact) mass is 391 g/mol. The van der Waals surface area contributed by atoms with Gasteiger partial charge in [0.05, 0.1) is 19.3 Å². The van der Waals surface area contributed by atoms with Gasteiger partial charge in [-0.15, -0.1) is 11.8 Å². The molecule has 0 aromatic heterocycles. The minimum Gasteiger partial charge on any atom is -0.469 e. The molecule has 28 heavy (non-hydrogen) atoms. The molecule has 1 N–H and O–H groups in total. The standard InChI is InChI=1S/C23H37NO4/c1-5-6-10-17-23(2,3)20(25)15-13-19-14-16-21(26)24(19)18-11-8-7-9-12-22(27)28-4/h13,15,19-20,25H,5,7-9,11-12,14,16-18H2,1-4H3/t19-,20+/m0/s1. The van der Waals surface area contributed by atoms with Crippen molar-refractivity contribution in [3.63, 3.8) is 0 Å². The van der Waals surface area contributed by atoms with Crippen LogP contribution in [0.5, 0.6) is 0 Å². The molecule has 5 heteroatoms. The van der Waals surface area contributed by atoms with Crippen molar-refractivity contribution >= 4 is 11.9 Å². The summed E-state index contributed by atoms with van der Waals surface area (Å²) in [5.41, 5.74) is -0.314. The quantitative estimate of drug-likeness (QED) is 0.251. The fourth-order valence-electron chi connectivity index (χ4n) is 3.27. The van der Waals surface area contributed by atoms with Crippen LogP contribution in [0.1, 0.15) is 78.6 Å². The van der Waals surface area contributed by atoms with Crippen LogP contribution >= 0.6 is 0 Å². The summed E-state index contributed by atoms with van der Waals surface area (Å²) in [5.74, 6) is 6.19. The highest BCUT2D eigenvalue weighted by Crippen LogP contribution is 2.27. The predicted octanol–water partition coefficient (Wildman–Crippen LogP) is 3.85. The van der Waals surface area contributed by atoms with Crippen LogP contribution < -0.4 is 0 Å². The number of rotatable bonds is 11. The highest BCUT2D eigenvalue weighted by Gasteiger charge is 2.30. The minimum absolute atomic E-state index is 0.0646. The van der Waals surface area contributed by atoms with E-state index in [1.807, 2.05) is 37.8 Å². The van der Waals surface area contributed by atoms with Crippen molar-refractivity contribution in [3.8, 4) is 11.8 Å². The number of hydrogen-bond donors (Lipinski definition) is 1. The lowest BCUT2D eigenvalue weighted by Crippen LogP contribution is -2.33. The van der Waals surface area contributed by atoms with E-state index in [0.717, 1.165) is 45.1 Å². The first-order chi connectivity index (χ1) is 13.3. The van der Waals surface area contributed by atoms with Gasteiger partial charge in [0.15, 0.2) is 0 Å². The largest absolute Gasteiger partial charge is 0.469 e. The van der Waals surface area contributed by atoms with E-state index in [0.29, 0.717) is 19.3 Å². The van der Waals surface area contributed by atoms with Gasteiger partial charge < -0.3 is 14.7 Å². The van der Waals surface area contributed by atoms with Crippen molar-refractivity contribution in [3.05, 3.63) is 12.2 Å². The number of methoxy groups -OCH3 is 1. The Hall–Kier alpha value is -1.80. The number of amides is 1. The van der Waals surface area contributed by atoms with E-state index in [9.17, 15) is 14.7 Å². The normalized spacial score (nSPS) is 18.2. The van der Waals surface area contributed by atoms with Crippen molar-refractivity contribution in [2.45, 2.75) is 90.7 Å². The summed E-state index contributed by atoms with van der Waals surface area (Å²) in [6, 6.07) is 0.0646. The topological polar surface area (TPSA) is 66.8 Å². The third-order valence-corrected chi connectivity index (χ3v) is 5.29. The van der Waals surface area contributed by atoms with Gasteiger partial charge in [0, 0.05) is 37.6 Å². The van der Waals surface area contributed by atoms with Crippen LogP contribution in [0.4, 0.5) is 0 Å². The molecule has 0 aliphatic carbocycles. The maximum Gasteiger partial charge on any atom is 0.305 e. The molecule has 0 spiro atoms. The molecule has 0 aromatic rings. The number of ether oxygens (including phenoxy) is 1. The molecule has 1 rings (SSSR count). The molecule has 1 fully saturated rings. The fourth-order valence-corrected chi connectivity index (χ4v) is 3.27. The molecule has 0 unspecified atom stereocenters. The Kier molecular flexibility index (Phi) is 10.9. The Morgan fingerprint density at radius 3 is 2.71 bits per heavy atom. The maximum atomic E-state index is 12.2. The highest BCUT2D eigenvalue weighted by atomic mass is 16.5. The van der Waals surface area contributed by atoms with E-state index in [4.69, 9.17) is 0 Å². The van der Waals surface area contributed by atoms with Crippen LogP contribution in [0.15, 0.2) is 12.2 Å². The second kappa shape index (κ2) is 12.6. The number of carbonyl (C=O) groups excluding carboxylic acids is 2. The molecular weight excluding hydrogens is 354 g/mol. The van der Waals surface area contributed by atoms with Gasteiger partial charge in [0.2, 0.25) is 5.91 Å². The molecule has 158 valence electrons. The van der Waals surface area contributed by atoms with Gasteiger partial charge in [-0.05, 0) is 19.3 Å². The van der Waals surface area contributed by atoms with Crippen LogP contribution in [0.25, 0.3) is 0 Å². The van der Waals surface area contributed by atoms with Crippen LogP contribution in [0, 0.1) is 17.3 Å². The van der Waals surface area contributed by atoms with E-state index in [1.54, 1.807) is 0 Å². The molecule has 1 saturated heterocycles. The average Bonchev–Trinajstić information content (AvgIpc) is 3.02. The third kappa shape index (κ3) is 8.48. The van der Waals surface area contributed by atoms with E-state index >= 15 is 0 Å². The molecule has 0 radical (unpaired) electrons. The lowest BCUT2D eigenvalue weighted by molar-refractivity contribution is -0.140. The third-order valence-electron chi connectivity index (χ3n) is 5.29. The van der Waals surface area contributed by atoms with Crippen LogP contribution in [-0.4, -0.2) is 47.7 Å². The summed E-state index contributed by atoms with van der Waals surface area (Å²) < 4.78 is 4.64. The van der Waals surface area contributed by atoms with Crippen molar-refractivity contribution in [1.29, 1.82) is 0 Å². The number of nitrogens with zero attached hydrogens (tertiary/aromatic N) is 1. The zero-order chi connectivity index (χ0) is 21.0. The Bertz CT molecular complexity index is 585. The number of unbranched alkanes of at least 4 members (excludes halogenated alkanes) is 3. The second-order valence-electron chi connectivity index (χ2n) is 8.14. The Labute approximate surface area is 170 Å². The number of likely N-dealkylation sites (tertiary alicyclic amines) is 1. The summed E-state index contributed by atoms with van der Waals surface area (Å²) in [6.45, 7) is 6.77. The molecular formula is C23H37NO4. The van der Waals surface area contributed by atoms with E-state index in [-0.39, 0.29) is 23.3 Å². The predicted molar refractivity (Wildman–Crippen MR) is 111 cm³/mol. The van der Waals surface area contributed by atoms with Gasteiger partial charge in [0.25, 0.3) is 0 Å². The van der Waals surface area contributed by atoms with Gasteiger partial charge in [-0.1, -0.05) is 45.8 Å². The van der Waals surface area contributed by atoms with Gasteiger partial charge >= 0.3 is 5.97 Å². The van der Waals surface area contributed by atoms with Gasteiger partial charge in [-0.3, -0.25) is 9.59 Å². The molecule has 5 nitrogen and oxygen atoms in total. The molecule has 2 atom stereocenters. The SMILES string of the molecule is CCC#CCC(C)(C)[C@H](O)C=C[C@H]1CCC(=O)N1CCCCCCC(=O)OC. The number of aliphatic hydroxyl groups is 1. The molecule has 1 aliphatic heterocycles. The van der Waals surface area contributed by atoms with E-state index < -0.39 is 6.10 Å². The number of hydrogen-bond acceptors (Lipinski definition) is 4. The summed E-state index contributed by atoms with van der Waals surface area (Å²) in [6.07, 6.45) is 10.2. The van der Waals surface area contributed by atoms with Crippen LogP contribution in [-0.2, 0) is 14.3 Å². The Balaban J connectivity index is 2.45. The summed E-state index contributed by atoms with van der Waals surface area (Å²) in [5, 5.41) is 10.5. The molecule has 1 heterocycles. The van der Waals surface area contributed by atoms with E-state index in [1.165, 1.54) is 7.11 Å². The lowest BCUT2D eigenvalue weighted by atomic mass is 9.83. The van der Waals surface area contributed by atoms with Crippen molar-refractivity contribution < 1.29 is 19.4 Å². The van der Waals surface area contributed by atoms with Crippen LogP contribution in [0.2, 0.25) is 0 Å². The van der Waals surface area contributed by atoms with Gasteiger partial charge in [0.1, 0.15) is 0 Å².